The largest absolute Gasteiger partial charge is 0.493 e. The number of hydrogen-bond acceptors (Lipinski definition) is 5. The minimum absolute atomic E-state index is 0.566. The average Bonchev–Trinajstić information content (AvgIpc) is 2.75. The number of nitrogens with one attached hydrogen (secondary N) is 2. The molecule has 7 heteroatoms. The summed E-state index contributed by atoms with van der Waals surface area (Å²) in [6.07, 6.45) is 0.950. The summed E-state index contributed by atoms with van der Waals surface area (Å²) in [6.45, 7) is 15.7. The van der Waals surface area contributed by atoms with E-state index in [-0.39, 0.29) is 0 Å². The molecule has 0 saturated heterocycles. The van der Waals surface area contributed by atoms with E-state index >= 15 is 0 Å². The first-order chi connectivity index (χ1) is 14.2. The van der Waals surface area contributed by atoms with Crippen LogP contribution in [0, 0.1) is 0 Å². The first-order valence-corrected chi connectivity index (χ1v) is 10.8. The quantitative estimate of drug-likeness (QED) is 0.264. The Bertz CT molecular complexity index is 577. The van der Waals surface area contributed by atoms with Gasteiger partial charge in [-0.15, -0.1) is 0 Å². The van der Waals surface area contributed by atoms with Crippen LogP contribution in [-0.4, -0.2) is 70.5 Å². The van der Waals surface area contributed by atoms with Gasteiger partial charge in [-0.05, 0) is 51.1 Å². The van der Waals surface area contributed by atoms with Crippen LogP contribution in [0.5, 0.6) is 11.5 Å². The van der Waals surface area contributed by atoms with Gasteiger partial charge in [0.15, 0.2) is 17.5 Å². The van der Waals surface area contributed by atoms with Gasteiger partial charge in [-0.2, -0.15) is 0 Å². The molecule has 7 nitrogen and oxygen atoms in total. The third-order valence-electron chi connectivity index (χ3n) is 4.51. The minimum Gasteiger partial charge on any atom is -0.493 e. The summed E-state index contributed by atoms with van der Waals surface area (Å²) in [5, 5.41) is 6.61. The fourth-order valence-corrected chi connectivity index (χ4v) is 2.79. The zero-order valence-electron chi connectivity index (χ0n) is 18.9. The average molecular weight is 409 g/mol. The monoisotopic (exact) mass is 408 g/mol. The van der Waals surface area contributed by atoms with Crippen molar-refractivity contribution in [3.63, 3.8) is 0 Å². The SMILES string of the molecule is CCNC(=NCc1ccc(OCCN(CC)CC)c(OC)c1)NCCCOCC. The normalized spacial score (nSPS) is 11.6. The number of ether oxygens (including phenoxy) is 3. The summed E-state index contributed by atoms with van der Waals surface area (Å²) in [5.74, 6) is 2.32. The Morgan fingerprint density at radius 1 is 1.03 bits per heavy atom. The Balaban J connectivity index is 2.61. The molecule has 2 N–H and O–H groups in total. The van der Waals surface area contributed by atoms with Crippen LogP contribution in [0.4, 0.5) is 0 Å². The van der Waals surface area contributed by atoms with Crippen LogP contribution in [0.15, 0.2) is 23.2 Å². The molecule has 0 aliphatic heterocycles. The van der Waals surface area contributed by atoms with Crippen LogP contribution >= 0.6 is 0 Å². The van der Waals surface area contributed by atoms with Crippen LogP contribution in [0.3, 0.4) is 0 Å². The van der Waals surface area contributed by atoms with Crippen LogP contribution in [-0.2, 0) is 11.3 Å². The molecule has 1 aromatic rings. The van der Waals surface area contributed by atoms with Crippen molar-refractivity contribution in [2.24, 2.45) is 4.99 Å². The fraction of sp³-hybridized carbons (Fsp3) is 0.682. The number of methoxy groups -OCH3 is 1. The van der Waals surface area contributed by atoms with E-state index in [4.69, 9.17) is 14.2 Å². The molecule has 0 aliphatic rings. The Morgan fingerprint density at radius 2 is 1.83 bits per heavy atom. The van der Waals surface area contributed by atoms with Crippen LogP contribution < -0.4 is 20.1 Å². The van der Waals surface area contributed by atoms with Gasteiger partial charge in [0.2, 0.25) is 0 Å². The van der Waals surface area contributed by atoms with Gasteiger partial charge in [-0.3, -0.25) is 0 Å². The highest BCUT2D eigenvalue weighted by Gasteiger charge is 2.07. The number of likely N-dealkylation sites (N-methyl/N-ethyl adjacent to an activating group) is 1. The third kappa shape index (κ3) is 10.4. The first-order valence-electron chi connectivity index (χ1n) is 10.8. The van der Waals surface area contributed by atoms with Crippen molar-refractivity contribution in [1.82, 2.24) is 15.5 Å². The highest BCUT2D eigenvalue weighted by Crippen LogP contribution is 2.28. The van der Waals surface area contributed by atoms with Gasteiger partial charge in [0, 0.05) is 32.8 Å². The molecule has 1 aromatic carbocycles. The molecule has 0 bridgehead atoms. The van der Waals surface area contributed by atoms with Gasteiger partial charge < -0.3 is 29.7 Å². The molecule has 166 valence electrons. The third-order valence-corrected chi connectivity index (χ3v) is 4.51. The summed E-state index contributed by atoms with van der Waals surface area (Å²) in [5.41, 5.74) is 1.07. The standard InChI is InChI=1S/C22H40N4O3/c1-6-23-22(24-13-10-15-28-9-4)25-18-19-11-12-20(21(17-19)27-5)29-16-14-26(7-2)8-3/h11-12,17H,6-10,13-16,18H2,1-5H3,(H2,23,24,25). The molecule has 1 rings (SSSR count). The lowest BCUT2D eigenvalue weighted by atomic mass is 10.2. The number of rotatable bonds is 15. The summed E-state index contributed by atoms with van der Waals surface area (Å²) in [6, 6.07) is 6.00. The molecular formula is C22H40N4O3. The fourth-order valence-electron chi connectivity index (χ4n) is 2.79. The highest BCUT2D eigenvalue weighted by molar-refractivity contribution is 5.79. The van der Waals surface area contributed by atoms with Crippen molar-refractivity contribution < 1.29 is 14.2 Å². The second-order valence-electron chi connectivity index (χ2n) is 6.53. The first kappa shape index (κ1) is 25.0. The molecule has 0 spiro atoms. The van der Waals surface area contributed by atoms with E-state index in [2.05, 4.69) is 41.3 Å². The Labute approximate surface area is 176 Å². The molecule has 0 aromatic heterocycles. The molecule has 0 heterocycles. The molecule has 0 amide bonds. The highest BCUT2D eigenvalue weighted by atomic mass is 16.5. The maximum Gasteiger partial charge on any atom is 0.191 e. The van der Waals surface area contributed by atoms with Crippen molar-refractivity contribution in [1.29, 1.82) is 0 Å². The van der Waals surface area contributed by atoms with Crippen molar-refractivity contribution in [2.75, 3.05) is 59.7 Å². The van der Waals surface area contributed by atoms with Crippen LogP contribution in [0.2, 0.25) is 0 Å². The smallest absolute Gasteiger partial charge is 0.191 e. The molecular weight excluding hydrogens is 368 g/mol. The molecule has 0 fully saturated rings. The van der Waals surface area contributed by atoms with Crippen LogP contribution in [0.1, 0.15) is 39.7 Å². The Morgan fingerprint density at radius 3 is 2.48 bits per heavy atom. The summed E-state index contributed by atoms with van der Waals surface area (Å²) in [4.78, 5) is 7.00. The maximum absolute atomic E-state index is 5.93. The zero-order chi connectivity index (χ0) is 21.3. The lowest BCUT2D eigenvalue weighted by molar-refractivity contribution is 0.145. The van der Waals surface area contributed by atoms with Gasteiger partial charge in [-0.25, -0.2) is 4.99 Å². The predicted molar refractivity (Wildman–Crippen MR) is 120 cm³/mol. The minimum atomic E-state index is 0.566. The topological polar surface area (TPSA) is 67.4 Å². The van der Waals surface area contributed by atoms with E-state index in [1.54, 1.807) is 7.11 Å². The Kier molecular flexibility index (Phi) is 13.7. The van der Waals surface area contributed by atoms with Crippen molar-refractivity contribution in [2.45, 2.75) is 40.7 Å². The van der Waals surface area contributed by atoms with E-state index in [0.717, 1.165) is 75.4 Å². The lowest BCUT2D eigenvalue weighted by Gasteiger charge is -2.19. The molecule has 0 radical (unpaired) electrons. The number of nitrogens with zero attached hydrogens (tertiary/aromatic N) is 2. The van der Waals surface area contributed by atoms with E-state index in [0.29, 0.717) is 13.2 Å². The van der Waals surface area contributed by atoms with Crippen molar-refractivity contribution >= 4 is 5.96 Å². The zero-order valence-corrected chi connectivity index (χ0v) is 18.9. The lowest BCUT2D eigenvalue weighted by Crippen LogP contribution is -2.38. The second-order valence-corrected chi connectivity index (χ2v) is 6.53. The molecule has 0 atom stereocenters. The number of benzene rings is 1. The van der Waals surface area contributed by atoms with Gasteiger partial charge in [0.1, 0.15) is 6.61 Å². The number of guanidine groups is 1. The molecule has 0 aliphatic carbocycles. The second kappa shape index (κ2) is 15.9. The number of aliphatic imine (C=N–C) groups is 1. The molecule has 0 saturated carbocycles. The summed E-state index contributed by atoms with van der Waals surface area (Å²) in [7, 11) is 1.67. The number of hydrogen-bond donors (Lipinski definition) is 2. The van der Waals surface area contributed by atoms with E-state index in [1.165, 1.54) is 0 Å². The van der Waals surface area contributed by atoms with Gasteiger partial charge >= 0.3 is 0 Å². The Hall–Kier alpha value is -1.99. The van der Waals surface area contributed by atoms with E-state index < -0.39 is 0 Å². The van der Waals surface area contributed by atoms with Crippen LogP contribution in [0.25, 0.3) is 0 Å². The van der Waals surface area contributed by atoms with Gasteiger partial charge in [-0.1, -0.05) is 19.9 Å². The van der Waals surface area contributed by atoms with Crippen molar-refractivity contribution in [3.05, 3.63) is 23.8 Å². The molecule has 0 unspecified atom stereocenters. The summed E-state index contributed by atoms with van der Waals surface area (Å²) >= 11 is 0. The predicted octanol–water partition coefficient (Wildman–Crippen LogP) is 2.90. The van der Waals surface area contributed by atoms with Gasteiger partial charge in [0.05, 0.1) is 13.7 Å². The van der Waals surface area contributed by atoms with Crippen molar-refractivity contribution in [3.8, 4) is 11.5 Å². The van der Waals surface area contributed by atoms with E-state index in [1.807, 2.05) is 25.1 Å². The van der Waals surface area contributed by atoms with Gasteiger partial charge in [0.25, 0.3) is 0 Å². The molecule has 29 heavy (non-hydrogen) atoms. The van der Waals surface area contributed by atoms with E-state index in [9.17, 15) is 0 Å². The maximum atomic E-state index is 5.93. The summed E-state index contributed by atoms with van der Waals surface area (Å²) < 4.78 is 16.8.